The summed E-state index contributed by atoms with van der Waals surface area (Å²) in [4.78, 5) is 24.3. The number of hydrogen-bond acceptors (Lipinski definition) is 5. The molecule has 0 saturated heterocycles. The highest BCUT2D eigenvalue weighted by atomic mass is 16.6. The second-order valence-electron chi connectivity index (χ2n) is 5.27. The van der Waals surface area contributed by atoms with Gasteiger partial charge in [0.15, 0.2) is 11.5 Å². The van der Waals surface area contributed by atoms with Crippen molar-refractivity contribution in [1.29, 1.82) is 0 Å². The monoisotopic (exact) mass is 336 g/mol. The minimum atomic E-state index is -0.530. The summed E-state index contributed by atoms with van der Waals surface area (Å²) in [6.07, 6.45) is 0. The molecule has 0 aliphatic carbocycles. The van der Waals surface area contributed by atoms with E-state index in [4.69, 9.17) is 14.2 Å². The van der Waals surface area contributed by atoms with Gasteiger partial charge in [-0.1, -0.05) is 36.4 Å². The first kappa shape index (κ1) is 16.5. The van der Waals surface area contributed by atoms with Crippen molar-refractivity contribution in [3.05, 3.63) is 71.8 Å². The van der Waals surface area contributed by atoms with Crippen LogP contribution in [-0.4, -0.2) is 26.2 Å². The molecule has 0 heterocycles. The number of methoxy groups -OCH3 is 2. The van der Waals surface area contributed by atoms with Gasteiger partial charge in [0, 0.05) is 0 Å². The third kappa shape index (κ3) is 3.30. The average Bonchev–Trinajstić information content (AvgIpc) is 2.66. The zero-order chi connectivity index (χ0) is 17.8. The number of carbonyl (C=O) groups excluding carboxylic acids is 2. The largest absolute Gasteiger partial charge is 0.493 e. The Hall–Kier alpha value is -3.34. The SMILES string of the molecule is COC(=O)c1ccc(OC)c(OC(=O)c2cccc3ccccc23)c1. The Morgan fingerprint density at radius 2 is 1.56 bits per heavy atom. The topological polar surface area (TPSA) is 61.8 Å². The van der Waals surface area contributed by atoms with Crippen molar-refractivity contribution in [2.75, 3.05) is 14.2 Å². The Labute approximate surface area is 144 Å². The summed E-state index contributed by atoms with van der Waals surface area (Å²) in [6, 6.07) is 17.5. The first-order chi connectivity index (χ1) is 12.1. The minimum Gasteiger partial charge on any atom is -0.493 e. The van der Waals surface area contributed by atoms with E-state index >= 15 is 0 Å². The van der Waals surface area contributed by atoms with Crippen LogP contribution >= 0.6 is 0 Å². The van der Waals surface area contributed by atoms with Gasteiger partial charge < -0.3 is 14.2 Å². The molecule has 0 radical (unpaired) electrons. The van der Waals surface area contributed by atoms with E-state index in [1.54, 1.807) is 24.3 Å². The van der Waals surface area contributed by atoms with Crippen LogP contribution in [0.2, 0.25) is 0 Å². The number of carbonyl (C=O) groups is 2. The van der Waals surface area contributed by atoms with Crippen LogP contribution in [0, 0.1) is 0 Å². The highest BCUT2D eigenvalue weighted by Gasteiger charge is 2.17. The van der Waals surface area contributed by atoms with E-state index in [1.807, 2.05) is 30.3 Å². The maximum atomic E-state index is 12.7. The summed E-state index contributed by atoms with van der Waals surface area (Å²) < 4.78 is 15.4. The third-order valence-corrected chi connectivity index (χ3v) is 3.80. The molecule has 3 rings (SSSR count). The van der Waals surface area contributed by atoms with Gasteiger partial charge in [0.1, 0.15) is 0 Å². The van der Waals surface area contributed by atoms with E-state index in [-0.39, 0.29) is 11.3 Å². The highest BCUT2D eigenvalue weighted by Crippen LogP contribution is 2.30. The smallest absolute Gasteiger partial charge is 0.344 e. The molecular weight excluding hydrogens is 320 g/mol. The molecule has 5 nitrogen and oxygen atoms in total. The van der Waals surface area contributed by atoms with Crippen LogP contribution < -0.4 is 9.47 Å². The number of fused-ring (bicyclic) bond motifs is 1. The molecule has 3 aromatic rings. The van der Waals surface area contributed by atoms with Crippen LogP contribution in [-0.2, 0) is 4.74 Å². The zero-order valence-corrected chi connectivity index (χ0v) is 13.8. The van der Waals surface area contributed by atoms with Gasteiger partial charge >= 0.3 is 11.9 Å². The zero-order valence-electron chi connectivity index (χ0n) is 13.8. The molecule has 0 fully saturated rings. The number of benzene rings is 3. The summed E-state index contributed by atoms with van der Waals surface area (Å²) in [5.41, 5.74) is 0.702. The van der Waals surface area contributed by atoms with Crippen molar-refractivity contribution in [1.82, 2.24) is 0 Å². The average molecular weight is 336 g/mol. The van der Waals surface area contributed by atoms with Crippen molar-refractivity contribution in [2.24, 2.45) is 0 Å². The van der Waals surface area contributed by atoms with Gasteiger partial charge in [0.05, 0.1) is 25.3 Å². The van der Waals surface area contributed by atoms with Gasteiger partial charge in [0.25, 0.3) is 0 Å². The van der Waals surface area contributed by atoms with Crippen molar-refractivity contribution < 1.29 is 23.8 Å². The van der Waals surface area contributed by atoms with Gasteiger partial charge in [-0.3, -0.25) is 0 Å². The van der Waals surface area contributed by atoms with E-state index in [9.17, 15) is 9.59 Å². The maximum Gasteiger partial charge on any atom is 0.344 e. The molecular formula is C20H16O5. The molecule has 0 N–H and O–H groups in total. The van der Waals surface area contributed by atoms with E-state index in [1.165, 1.54) is 20.3 Å². The van der Waals surface area contributed by atoms with Crippen molar-refractivity contribution in [3.63, 3.8) is 0 Å². The van der Waals surface area contributed by atoms with Crippen molar-refractivity contribution in [3.8, 4) is 11.5 Å². The summed E-state index contributed by atoms with van der Waals surface area (Å²) in [5, 5.41) is 1.73. The first-order valence-electron chi connectivity index (χ1n) is 7.60. The molecule has 0 aliphatic rings. The third-order valence-electron chi connectivity index (χ3n) is 3.80. The number of hydrogen-bond donors (Lipinski definition) is 0. The van der Waals surface area contributed by atoms with Crippen molar-refractivity contribution >= 4 is 22.7 Å². The van der Waals surface area contributed by atoms with Crippen LogP contribution in [0.4, 0.5) is 0 Å². The van der Waals surface area contributed by atoms with E-state index < -0.39 is 11.9 Å². The van der Waals surface area contributed by atoms with Crippen molar-refractivity contribution in [2.45, 2.75) is 0 Å². The quantitative estimate of drug-likeness (QED) is 0.535. The fraction of sp³-hybridized carbons (Fsp3) is 0.100. The van der Waals surface area contributed by atoms with E-state index in [2.05, 4.69) is 0 Å². The molecule has 0 spiro atoms. The van der Waals surface area contributed by atoms with E-state index in [0.717, 1.165) is 10.8 Å². The van der Waals surface area contributed by atoms with Gasteiger partial charge in [-0.2, -0.15) is 0 Å². The summed E-state index contributed by atoms with van der Waals surface area (Å²) in [5.74, 6) is -0.549. The molecule has 25 heavy (non-hydrogen) atoms. The molecule has 0 atom stereocenters. The van der Waals surface area contributed by atoms with Gasteiger partial charge in [0.2, 0.25) is 0 Å². The predicted octanol–water partition coefficient (Wildman–Crippen LogP) is 3.85. The van der Waals surface area contributed by atoms with E-state index in [0.29, 0.717) is 11.3 Å². The highest BCUT2D eigenvalue weighted by molar-refractivity contribution is 6.05. The minimum absolute atomic E-state index is 0.156. The lowest BCUT2D eigenvalue weighted by molar-refractivity contribution is 0.0597. The maximum absolute atomic E-state index is 12.7. The molecule has 0 unspecified atom stereocenters. The number of rotatable bonds is 4. The molecule has 0 bridgehead atoms. The Morgan fingerprint density at radius 3 is 2.32 bits per heavy atom. The van der Waals surface area contributed by atoms with Crippen LogP contribution in [0.15, 0.2) is 60.7 Å². The lowest BCUT2D eigenvalue weighted by Gasteiger charge is -2.11. The molecule has 0 aliphatic heterocycles. The summed E-state index contributed by atoms with van der Waals surface area (Å²) >= 11 is 0. The molecule has 3 aromatic carbocycles. The molecule has 126 valence electrons. The lowest BCUT2D eigenvalue weighted by Crippen LogP contribution is -2.11. The van der Waals surface area contributed by atoms with Gasteiger partial charge in [-0.15, -0.1) is 0 Å². The predicted molar refractivity (Wildman–Crippen MR) is 93.2 cm³/mol. The fourth-order valence-electron chi connectivity index (χ4n) is 2.56. The molecule has 0 amide bonds. The van der Waals surface area contributed by atoms with Crippen LogP contribution in [0.25, 0.3) is 10.8 Å². The van der Waals surface area contributed by atoms with Crippen LogP contribution in [0.3, 0.4) is 0 Å². The standard InChI is InChI=1S/C20H16O5/c1-23-17-11-10-14(19(21)24-2)12-18(17)25-20(22)16-9-5-7-13-6-3-4-8-15(13)16/h3-12H,1-2H3. The van der Waals surface area contributed by atoms with Crippen LogP contribution in [0.1, 0.15) is 20.7 Å². The van der Waals surface area contributed by atoms with Gasteiger partial charge in [-0.25, -0.2) is 9.59 Å². The Kier molecular flexibility index (Phi) is 4.66. The van der Waals surface area contributed by atoms with Gasteiger partial charge in [-0.05, 0) is 35.0 Å². The van der Waals surface area contributed by atoms with Crippen LogP contribution in [0.5, 0.6) is 11.5 Å². The lowest BCUT2D eigenvalue weighted by atomic mass is 10.0. The molecule has 5 heteroatoms. The summed E-state index contributed by atoms with van der Waals surface area (Å²) in [6.45, 7) is 0. The molecule has 0 saturated carbocycles. The summed E-state index contributed by atoms with van der Waals surface area (Å²) in [7, 11) is 2.75. The number of ether oxygens (including phenoxy) is 3. The Morgan fingerprint density at radius 1 is 0.800 bits per heavy atom. The first-order valence-corrected chi connectivity index (χ1v) is 7.60. The Balaban J connectivity index is 1.98. The second kappa shape index (κ2) is 7.05. The number of esters is 2. The Bertz CT molecular complexity index is 940. The normalized spacial score (nSPS) is 10.3. The second-order valence-corrected chi connectivity index (χ2v) is 5.27. The fourth-order valence-corrected chi connectivity index (χ4v) is 2.56. The molecule has 0 aromatic heterocycles.